The maximum Gasteiger partial charge on any atom is 0.220 e. The lowest BCUT2D eigenvalue weighted by Gasteiger charge is -2.20. The summed E-state index contributed by atoms with van der Waals surface area (Å²) in [6.07, 6.45) is 8.98. The molecule has 1 aliphatic carbocycles. The van der Waals surface area contributed by atoms with Crippen LogP contribution in [-0.2, 0) is 11.2 Å². The van der Waals surface area contributed by atoms with E-state index in [4.69, 9.17) is 0 Å². The summed E-state index contributed by atoms with van der Waals surface area (Å²) < 4.78 is 0. The number of phenolic OH excluding ortho intramolecular Hbond substituents is 1. The zero-order valence-corrected chi connectivity index (χ0v) is 12.1. The number of para-hydroxylation sites is 1. The standard InChI is InChI=1S/C17H25NO2/c19-16-9-5-4-8-15(16)12-13-18-17(20)11-10-14-6-2-1-3-7-14/h4-5,8-9,14,19H,1-3,6-7,10-13H2,(H,18,20). The number of nitrogens with one attached hydrogen (secondary N) is 1. The number of hydrogen-bond acceptors (Lipinski definition) is 2. The number of hydrogen-bond donors (Lipinski definition) is 2. The quantitative estimate of drug-likeness (QED) is 0.836. The highest BCUT2D eigenvalue weighted by Gasteiger charge is 2.14. The molecule has 0 heterocycles. The Morgan fingerprint density at radius 3 is 2.70 bits per heavy atom. The topological polar surface area (TPSA) is 49.3 Å². The maximum absolute atomic E-state index is 11.8. The number of phenols is 1. The van der Waals surface area contributed by atoms with Crippen LogP contribution in [0, 0.1) is 5.92 Å². The highest BCUT2D eigenvalue weighted by Crippen LogP contribution is 2.27. The average molecular weight is 275 g/mol. The summed E-state index contributed by atoms with van der Waals surface area (Å²) in [4.78, 5) is 11.8. The van der Waals surface area contributed by atoms with Gasteiger partial charge in [0, 0.05) is 13.0 Å². The van der Waals surface area contributed by atoms with Gasteiger partial charge in [0.25, 0.3) is 0 Å². The number of benzene rings is 1. The van der Waals surface area contributed by atoms with Crippen molar-refractivity contribution in [2.24, 2.45) is 5.92 Å². The lowest BCUT2D eigenvalue weighted by molar-refractivity contribution is -0.121. The van der Waals surface area contributed by atoms with Crippen molar-refractivity contribution in [3.63, 3.8) is 0 Å². The van der Waals surface area contributed by atoms with Gasteiger partial charge in [-0.25, -0.2) is 0 Å². The Morgan fingerprint density at radius 1 is 1.20 bits per heavy atom. The van der Waals surface area contributed by atoms with Gasteiger partial charge in [0.15, 0.2) is 0 Å². The number of amides is 1. The van der Waals surface area contributed by atoms with Crippen molar-refractivity contribution >= 4 is 5.91 Å². The fourth-order valence-electron chi connectivity index (χ4n) is 2.96. The average Bonchev–Trinajstić information content (AvgIpc) is 2.48. The molecule has 0 saturated heterocycles. The maximum atomic E-state index is 11.8. The van der Waals surface area contributed by atoms with E-state index in [0.29, 0.717) is 25.1 Å². The number of aromatic hydroxyl groups is 1. The van der Waals surface area contributed by atoms with Crippen LogP contribution >= 0.6 is 0 Å². The van der Waals surface area contributed by atoms with Crippen molar-refractivity contribution in [3.05, 3.63) is 29.8 Å². The second-order valence-corrected chi connectivity index (χ2v) is 5.77. The van der Waals surface area contributed by atoms with E-state index >= 15 is 0 Å². The molecule has 0 aromatic heterocycles. The van der Waals surface area contributed by atoms with Crippen molar-refractivity contribution in [1.82, 2.24) is 5.32 Å². The van der Waals surface area contributed by atoms with E-state index in [9.17, 15) is 9.90 Å². The summed E-state index contributed by atoms with van der Waals surface area (Å²) in [7, 11) is 0. The lowest BCUT2D eigenvalue weighted by atomic mass is 9.86. The smallest absolute Gasteiger partial charge is 0.220 e. The molecule has 110 valence electrons. The molecule has 2 N–H and O–H groups in total. The Hall–Kier alpha value is -1.51. The minimum atomic E-state index is 0.144. The van der Waals surface area contributed by atoms with Crippen LogP contribution in [0.1, 0.15) is 50.5 Å². The third-order valence-electron chi connectivity index (χ3n) is 4.21. The molecule has 1 saturated carbocycles. The molecule has 3 heteroatoms. The predicted octanol–water partition coefficient (Wildman–Crippen LogP) is 3.41. The van der Waals surface area contributed by atoms with Crippen LogP contribution in [0.4, 0.5) is 0 Å². The van der Waals surface area contributed by atoms with Crippen LogP contribution in [0.5, 0.6) is 5.75 Å². The van der Waals surface area contributed by atoms with Crippen molar-refractivity contribution in [2.45, 2.75) is 51.4 Å². The minimum absolute atomic E-state index is 0.144. The first-order valence-corrected chi connectivity index (χ1v) is 7.79. The second-order valence-electron chi connectivity index (χ2n) is 5.77. The van der Waals surface area contributed by atoms with Crippen LogP contribution < -0.4 is 5.32 Å². The van der Waals surface area contributed by atoms with E-state index in [2.05, 4.69) is 5.32 Å². The largest absolute Gasteiger partial charge is 0.508 e. The molecule has 1 fully saturated rings. The molecule has 0 aliphatic heterocycles. The van der Waals surface area contributed by atoms with E-state index in [-0.39, 0.29) is 5.91 Å². The van der Waals surface area contributed by atoms with Crippen LogP contribution in [0.15, 0.2) is 24.3 Å². The first-order chi connectivity index (χ1) is 9.75. The molecular weight excluding hydrogens is 250 g/mol. The van der Waals surface area contributed by atoms with Gasteiger partial charge in [0.05, 0.1) is 0 Å². The van der Waals surface area contributed by atoms with Gasteiger partial charge < -0.3 is 10.4 Å². The Balaban J connectivity index is 1.61. The van der Waals surface area contributed by atoms with E-state index in [1.807, 2.05) is 18.2 Å². The Labute approximate surface area is 121 Å². The molecule has 0 bridgehead atoms. The Kier molecular flexibility index (Phi) is 5.90. The third kappa shape index (κ3) is 4.87. The fraction of sp³-hybridized carbons (Fsp3) is 0.588. The van der Waals surface area contributed by atoms with Gasteiger partial charge in [-0.1, -0.05) is 50.3 Å². The summed E-state index contributed by atoms with van der Waals surface area (Å²) in [5, 5.41) is 12.6. The molecule has 2 rings (SSSR count). The summed E-state index contributed by atoms with van der Waals surface area (Å²) in [6, 6.07) is 7.28. The molecule has 20 heavy (non-hydrogen) atoms. The van der Waals surface area contributed by atoms with Crippen LogP contribution in [0.2, 0.25) is 0 Å². The first-order valence-electron chi connectivity index (χ1n) is 7.79. The van der Waals surface area contributed by atoms with Crippen molar-refractivity contribution < 1.29 is 9.90 Å². The van der Waals surface area contributed by atoms with Crippen LogP contribution in [0.3, 0.4) is 0 Å². The van der Waals surface area contributed by atoms with E-state index in [0.717, 1.165) is 17.9 Å². The summed E-state index contributed by atoms with van der Waals surface area (Å²) >= 11 is 0. The van der Waals surface area contributed by atoms with E-state index < -0.39 is 0 Å². The lowest BCUT2D eigenvalue weighted by Crippen LogP contribution is -2.26. The predicted molar refractivity (Wildman–Crippen MR) is 80.6 cm³/mol. The van der Waals surface area contributed by atoms with Gasteiger partial charge in [0.1, 0.15) is 5.75 Å². The molecule has 1 amide bonds. The van der Waals surface area contributed by atoms with Gasteiger partial charge in [0.2, 0.25) is 5.91 Å². The molecule has 0 unspecified atom stereocenters. The number of rotatable bonds is 6. The SMILES string of the molecule is O=C(CCC1CCCCC1)NCCc1ccccc1O. The van der Waals surface area contributed by atoms with Gasteiger partial charge in [-0.05, 0) is 30.4 Å². The highest BCUT2D eigenvalue weighted by atomic mass is 16.3. The molecule has 1 aromatic carbocycles. The zero-order chi connectivity index (χ0) is 14.2. The van der Waals surface area contributed by atoms with Crippen LogP contribution in [0.25, 0.3) is 0 Å². The monoisotopic (exact) mass is 275 g/mol. The second kappa shape index (κ2) is 7.93. The van der Waals surface area contributed by atoms with Crippen molar-refractivity contribution in [2.75, 3.05) is 6.54 Å². The van der Waals surface area contributed by atoms with Gasteiger partial charge in [-0.2, -0.15) is 0 Å². The number of carbonyl (C=O) groups is 1. The molecule has 1 aliphatic rings. The van der Waals surface area contributed by atoms with Gasteiger partial charge in [-0.3, -0.25) is 4.79 Å². The number of carbonyl (C=O) groups excluding carboxylic acids is 1. The molecule has 3 nitrogen and oxygen atoms in total. The molecule has 1 aromatic rings. The van der Waals surface area contributed by atoms with Crippen LogP contribution in [-0.4, -0.2) is 17.6 Å². The normalized spacial score (nSPS) is 16.0. The molecule has 0 atom stereocenters. The van der Waals surface area contributed by atoms with Crippen molar-refractivity contribution in [1.29, 1.82) is 0 Å². The van der Waals surface area contributed by atoms with E-state index in [1.54, 1.807) is 6.07 Å². The first kappa shape index (κ1) is 14.9. The minimum Gasteiger partial charge on any atom is -0.508 e. The van der Waals surface area contributed by atoms with Crippen molar-refractivity contribution in [3.8, 4) is 5.75 Å². The molecule has 0 radical (unpaired) electrons. The molecule has 0 spiro atoms. The summed E-state index contributed by atoms with van der Waals surface area (Å²) in [5.41, 5.74) is 0.889. The Morgan fingerprint density at radius 2 is 1.95 bits per heavy atom. The van der Waals surface area contributed by atoms with Gasteiger partial charge >= 0.3 is 0 Å². The Bertz CT molecular complexity index is 425. The fourth-order valence-corrected chi connectivity index (χ4v) is 2.96. The highest BCUT2D eigenvalue weighted by molar-refractivity contribution is 5.75. The zero-order valence-electron chi connectivity index (χ0n) is 12.1. The van der Waals surface area contributed by atoms with Gasteiger partial charge in [-0.15, -0.1) is 0 Å². The summed E-state index contributed by atoms with van der Waals surface area (Å²) in [6.45, 7) is 0.598. The molecular formula is C17H25NO2. The van der Waals surface area contributed by atoms with E-state index in [1.165, 1.54) is 32.1 Å². The third-order valence-corrected chi connectivity index (χ3v) is 4.21. The summed E-state index contributed by atoms with van der Waals surface area (Å²) in [5.74, 6) is 1.21.